The summed E-state index contributed by atoms with van der Waals surface area (Å²) in [5, 5.41) is 0. The van der Waals surface area contributed by atoms with Crippen LogP contribution in [0.15, 0.2) is 30.3 Å². The van der Waals surface area contributed by atoms with E-state index in [-0.39, 0.29) is 0 Å². The summed E-state index contributed by atoms with van der Waals surface area (Å²) in [5.74, 6) is 0.824. The van der Waals surface area contributed by atoms with Gasteiger partial charge in [0, 0.05) is 13.0 Å². The Bertz CT molecular complexity index is 387. The van der Waals surface area contributed by atoms with Crippen molar-refractivity contribution in [3.8, 4) is 0 Å². The molecule has 0 radical (unpaired) electrons. The Balaban J connectivity index is 2.06. The van der Waals surface area contributed by atoms with Crippen LogP contribution in [0.2, 0.25) is 0 Å². The van der Waals surface area contributed by atoms with Gasteiger partial charge in [-0.3, -0.25) is 4.79 Å². The summed E-state index contributed by atoms with van der Waals surface area (Å²) in [5.41, 5.74) is 1.28. The van der Waals surface area contributed by atoms with Crippen LogP contribution in [0.25, 0.3) is 0 Å². The molecule has 2 heteroatoms. The second-order valence-corrected chi connectivity index (χ2v) is 5.37. The van der Waals surface area contributed by atoms with Crippen molar-refractivity contribution in [2.24, 2.45) is 5.92 Å². The largest absolute Gasteiger partial charge is 0.336 e. The number of rotatable bonds is 4. The molecule has 1 aromatic rings. The topological polar surface area (TPSA) is 20.3 Å². The first-order valence-electron chi connectivity index (χ1n) is 7.06. The monoisotopic (exact) mass is 245 g/mol. The Morgan fingerprint density at radius 2 is 2.11 bits per heavy atom. The Labute approximate surface area is 110 Å². The molecule has 98 valence electrons. The lowest BCUT2D eigenvalue weighted by molar-refractivity contribution is -0.133. The van der Waals surface area contributed by atoms with Gasteiger partial charge in [-0.15, -0.1) is 0 Å². The Morgan fingerprint density at radius 1 is 1.39 bits per heavy atom. The molecule has 1 aliphatic heterocycles. The van der Waals surface area contributed by atoms with E-state index in [9.17, 15) is 4.79 Å². The number of benzene rings is 1. The van der Waals surface area contributed by atoms with E-state index in [1.165, 1.54) is 5.56 Å². The van der Waals surface area contributed by atoms with Crippen LogP contribution in [0, 0.1) is 5.92 Å². The minimum absolute atomic E-state index is 0.308. The number of hydrogen-bond acceptors (Lipinski definition) is 1. The van der Waals surface area contributed by atoms with E-state index >= 15 is 0 Å². The SMILES string of the molecule is CCC(C)CC(=O)N1CCCC1c1ccccc1. The highest BCUT2D eigenvalue weighted by molar-refractivity contribution is 5.77. The number of carbonyl (C=O) groups is 1. The van der Waals surface area contributed by atoms with Crippen molar-refractivity contribution in [3.05, 3.63) is 35.9 Å². The van der Waals surface area contributed by atoms with E-state index in [2.05, 4.69) is 43.0 Å². The average Bonchev–Trinajstić information content (AvgIpc) is 2.88. The Morgan fingerprint density at radius 3 is 2.78 bits per heavy atom. The van der Waals surface area contributed by atoms with E-state index in [0.717, 1.165) is 25.8 Å². The maximum Gasteiger partial charge on any atom is 0.223 e. The van der Waals surface area contributed by atoms with Crippen molar-refractivity contribution < 1.29 is 4.79 Å². The second-order valence-electron chi connectivity index (χ2n) is 5.37. The van der Waals surface area contributed by atoms with Gasteiger partial charge in [-0.25, -0.2) is 0 Å². The van der Waals surface area contributed by atoms with Gasteiger partial charge in [-0.2, -0.15) is 0 Å². The summed E-state index contributed by atoms with van der Waals surface area (Å²) in [4.78, 5) is 14.4. The quantitative estimate of drug-likeness (QED) is 0.790. The molecule has 18 heavy (non-hydrogen) atoms. The van der Waals surface area contributed by atoms with Crippen molar-refractivity contribution in [1.82, 2.24) is 4.90 Å². The van der Waals surface area contributed by atoms with Crippen LogP contribution in [-0.2, 0) is 4.79 Å². The molecule has 1 heterocycles. The van der Waals surface area contributed by atoms with Crippen LogP contribution in [0.5, 0.6) is 0 Å². The highest BCUT2D eigenvalue weighted by Crippen LogP contribution is 2.32. The van der Waals surface area contributed by atoms with Gasteiger partial charge in [0.05, 0.1) is 6.04 Å². The third-order valence-electron chi connectivity index (χ3n) is 3.98. The maximum atomic E-state index is 12.3. The number of likely N-dealkylation sites (tertiary alicyclic amines) is 1. The molecule has 0 aromatic heterocycles. The number of amides is 1. The molecule has 1 amide bonds. The summed E-state index contributed by atoms with van der Waals surface area (Å²) in [6, 6.07) is 10.7. The smallest absolute Gasteiger partial charge is 0.223 e. The summed E-state index contributed by atoms with van der Waals surface area (Å²) >= 11 is 0. The minimum atomic E-state index is 0.308. The predicted molar refractivity (Wildman–Crippen MR) is 74.2 cm³/mol. The first-order valence-corrected chi connectivity index (χ1v) is 7.06. The van der Waals surface area contributed by atoms with Gasteiger partial charge in [-0.05, 0) is 24.3 Å². The fourth-order valence-electron chi connectivity index (χ4n) is 2.65. The van der Waals surface area contributed by atoms with E-state index in [4.69, 9.17) is 0 Å². The van der Waals surface area contributed by atoms with Crippen LogP contribution in [-0.4, -0.2) is 17.4 Å². The molecule has 1 fully saturated rings. The third kappa shape index (κ3) is 2.92. The highest BCUT2D eigenvalue weighted by atomic mass is 16.2. The molecule has 0 spiro atoms. The van der Waals surface area contributed by atoms with Crippen LogP contribution >= 0.6 is 0 Å². The number of carbonyl (C=O) groups excluding carboxylic acids is 1. The first kappa shape index (κ1) is 13.1. The van der Waals surface area contributed by atoms with E-state index in [1.807, 2.05) is 6.07 Å². The molecule has 1 saturated heterocycles. The summed E-state index contributed by atoms with van der Waals surface area (Å²) in [6.07, 6.45) is 4.01. The predicted octanol–water partition coefficient (Wildman–Crippen LogP) is 3.79. The Kier molecular flexibility index (Phi) is 4.40. The number of nitrogens with zero attached hydrogens (tertiary/aromatic N) is 1. The standard InChI is InChI=1S/C16H23NO/c1-3-13(2)12-16(18)17-11-7-10-15(17)14-8-5-4-6-9-14/h4-6,8-9,13,15H,3,7,10-12H2,1-2H3. The van der Waals surface area contributed by atoms with Crippen molar-refractivity contribution in [2.45, 2.75) is 45.6 Å². The third-order valence-corrected chi connectivity index (χ3v) is 3.98. The van der Waals surface area contributed by atoms with E-state index < -0.39 is 0 Å². The maximum absolute atomic E-state index is 12.3. The number of hydrogen-bond donors (Lipinski definition) is 0. The lowest BCUT2D eigenvalue weighted by Gasteiger charge is -2.26. The molecular weight excluding hydrogens is 222 g/mol. The molecule has 2 rings (SSSR count). The molecule has 0 N–H and O–H groups in total. The molecule has 1 aromatic carbocycles. The lowest BCUT2D eigenvalue weighted by atomic mass is 10.0. The van der Waals surface area contributed by atoms with Gasteiger partial charge in [-0.1, -0.05) is 50.6 Å². The van der Waals surface area contributed by atoms with Crippen molar-refractivity contribution in [3.63, 3.8) is 0 Å². The van der Waals surface area contributed by atoms with Crippen LogP contribution in [0.3, 0.4) is 0 Å². The van der Waals surface area contributed by atoms with E-state index in [1.54, 1.807) is 0 Å². The lowest BCUT2D eigenvalue weighted by Crippen LogP contribution is -2.31. The molecule has 0 aliphatic carbocycles. The van der Waals surface area contributed by atoms with Gasteiger partial charge in [0.15, 0.2) is 0 Å². The van der Waals surface area contributed by atoms with Crippen molar-refractivity contribution >= 4 is 5.91 Å². The normalized spacial score (nSPS) is 21.0. The van der Waals surface area contributed by atoms with Crippen molar-refractivity contribution in [2.75, 3.05) is 6.54 Å². The molecule has 0 saturated carbocycles. The van der Waals surface area contributed by atoms with Crippen LogP contribution in [0.1, 0.15) is 51.1 Å². The van der Waals surface area contributed by atoms with Gasteiger partial charge in [0.2, 0.25) is 5.91 Å². The molecule has 1 aliphatic rings. The molecule has 2 nitrogen and oxygen atoms in total. The van der Waals surface area contributed by atoms with Gasteiger partial charge in [0.25, 0.3) is 0 Å². The fraction of sp³-hybridized carbons (Fsp3) is 0.562. The zero-order chi connectivity index (χ0) is 13.0. The zero-order valence-corrected chi connectivity index (χ0v) is 11.4. The highest BCUT2D eigenvalue weighted by Gasteiger charge is 2.29. The van der Waals surface area contributed by atoms with Gasteiger partial charge < -0.3 is 4.90 Å². The Hall–Kier alpha value is -1.31. The zero-order valence-electron chi connectivity index (χ0n) is 11.4. The molecule has 2 unspecified atom stereocenters. The van der Waals surface area contributed by atoms with Crippen LogP contribution < -0.4 is 0 Å². The van der Waals surface area contributed by atoms with Gasteiger partial charge in [0.1, 0.15) is 0 Å². The van der Waals surface area contributed by atoms with Crippen molar-refractivity contribution in [1.29, 1.82) is 0 Å². The molecule has 2 atom stereocenters. The average molecular weight is 245 g/mol. The second kappa shape index (κ2) is 6.03. The summed E-state index contributed by atoms with van der Waals surface area (Å²) in [7, 11) is 0. The van der Waals surface area contributed by atoms with Crippen LogP contribution in [0.4, 0.5) is 0 Å². The summed E-state index contributed by atoms with van der Waals surface area (Å²) < 4.78 is 0. The first-order chi connectivity index (χ1) is 8.72. The van der Waals surface area contributed by atoms with E-state index in [0.29, 0.717) is 24.3 Å². The summed E-state index contributed by atoms with van der Waals surface area (Å²) in [6.45, 7) is 5.23. The molecule has 0 bridgehead atoms. The molecular formula is C16H23NO. The minimum Gasteiger partial charge on any atom is -0.336 e. The van der Waals surface area contributed by atoms with Gasteiger partial charge >= 0.3 is 0 Å². The fourth-order valence-corrected chi connectivity index (χ4v) is 2.65.